The van der Waals surface area contributed by atoms with E-state index in [0.29, 0.717) is 13.0 Å². The van der Waals surface area contributed by atoms with Crippen molar-refractivity contribution in [3.63, 3.8) is 0 Å². The molecular weight excluding hydrogens is 172 g/mol. The molecule has 0 aromatic rings. The van der Waals surface area contributed by atoms with Gasteiger partial charge in [0.2, 0.25) is 5.91 Å². The van der Waals surface area contributed by atoms with Gasteiger partial charge in [-0.25, -0.2) is 0 Å². The van der Waals surface area contributed by atoms with Crippen LogP contribution < -0.4 is 10.6 Å². The molecule has 0 bridgehead atoms. The van der Waals surface area contributed by atoms with Crippen LogP contribution in [0.4, 0.5) is 0 Å². The van der Waals surface area contributed by atoms with Crippen molar-refractivity contribution < 1.29 is 15.0 Å². The fourth-order valence-electron chi connectivity index (χ4n) is 0.697. The van der Waals surface area contributed by atoms with Crippen molar-refractivity contribution >= 4 is 5.91 Å². The van der Waals surface area contributed by atoms with Crippen molar-refractivity contribution in [1.82, 2.24) is 10.6 Å². The molecule has 5 heteroatoms. The minimum atomic E-state index is -0.757. The molecule has 1 atom stereocenters. The maximum absolute atomic E-state index is 10.9. The van der Waals surface area contributed by atoms with Gasteiger partial charge in [0.15, 0.2) is 0 Å². The third-order valence-corrected chi connectivity index (χ3v) is 1.42. The van der Waals surface area contributed by atoms with E-state index in [2.05, 4.69) is 17.2 Å². The van der Waals surface area contributed by atoms with Crippen LogP contribution in [-0.4, -0.2) is 41.9 Å². The maximum Gasteiger partial charge on any atom is 0.239 e. The number of carbonyl (C=O) groups excluding carboxylic acids is 1. The first-order chi connectivity index (χ1) is 6.20. The lowest BCUT2D eigenvalue weighted by Crippen LogP contribution is -2.34. The van der Waals surface area contributed by atoms with Crippen LogP contribution in [-0.2, 0) is 4.79 Å². The van der Waals surface area contributed by atoms with Crippen molar-refractivity contribution in [1.29, 1.82) is 0 Å². The predicted molar refractivity (Wildman–Crippen MR) is 48.9 cm³/mol. The first-order valence-corrected chi connectivity index (χ1v) is 4.10. The second kappa shape index (κ2) is 7.57. The number of aliphatic hydroxyl groups is 2. The highest BCUT2D eigenvalue weighted by molar-refractivity contribution is 5.78. The van der Waals surface area contributed by atoms with E-state index >= 15 is 0 Å². The molecule has 0 aliphatic carbocycles. The minimum Gasteiger partial charge on any atom is -0.394 e. The number of amides is 1. The molecule has 76 valence electrons. The van der Waals surface area contributed by atoms with Crippen LogP contribution in [0.3, 0.4) is 0 Å². The minimum absolute atomic E-state index is 0.162. The Kier molecular flexibility index (Phi) is 6.95. The van der Waals surface area contributed by atoms with Crippen LogP contribution >= 0.6 is 0 Å². The standard InChI is InChI=1S/C8H16N2O3/c1-2-9-5-8(13)10-4-3-7(12)6-11/h2,7,9,11-12H,1,3-6H2,(H,10,13). The van der Waals surface area contributed by atoms with Crippen molar-refractivity contribution in [2.45, 2.75) is 12.5 Å². The van der Waals surface area contributed by atoms with Crippen LogP contribution in [0.25, 0.3) is 0 Å². The fraction of sp³-hybridized carbons (Fsp3) is 0.625. The average Bonchev–Trinajstić information content (AvgIpc) is 2.14. The Balaban J connectivity index is 3.31. The zero-order valence-electron chi connectivity index (χ0n) is 7.49. The first kappa shape index (κ1) is 11.9. The third-order valence-electron chi connectivity index (χ3n) is 1.42. The highest BCUT2D eigenvalue weighted by Gasteiger charge is 2.02. The summed E-state index contributed by atoms with van der Waals surface area (Å²) in [6, 6.07) is 0. The Morgan fingerprint density at radius 1 is 1.62 bits per heavy atom. The second-order valence-corrected chi connectivity index (χ2v) is 2.56. The van der Waals surface area contributed by atoms with Crippen molar-refractivity contribution in [2.24, 2.45) is 0 Å². The normalized spacial score (nSPS) is 11.8. The SMILES string of the molecule is C=CNCC(=O)NCCC(O)CO. The van der Waals surface area contributed by atoms with E-state index in [0.717, 1.165) is 0 Å². The van der Waals surface area contributed by atoms with Gasteiger partial charge >= 0.3 is 0 Å². The highest BCUT2D eigenvalue weighted by atomic mass is 16.3. The maximum atomic E-state index is 10.9. The second-order valence-electron chi connectivity index (χ2n) is 2.56. The molecule has 1 unspecified atom stereocenters. The van der Waals surface area contributed by atoms with Crippen molar-refractivity contribution in [2.75, 3.05) is 19.7 Å². The molecule has 4 N–H and O–H groups in total. The highest BCUT2D eigenvalue weighted by Crippen LogP contribution is 1.86. The molecule has 0 heterocycles. The molecule has 0 fully saturated rings. The molecule has 0 radical (unpaired) electrons. The predicted octanol–water partition coefficient (Wildman–Crippen LogP) is -1.42. The lowest BCUT2D eigenvalue weighted by Gasteiger charge is -2.08. The van der Waals surface area contributed by atoms with E-state index in [-0.39, 0.29) is 19.1 Å². The van der Waals surface area contributed by atoms with E-state index < -0.39 is 6.10 Å². The van der Waals surface area contributed by atoms with Crippen LogP contribution in [0.1, 0.15) is 6.42 Å². The van der Waals surface area contributed by atoms with Crippen LogP contribution in [0.2, 0.25) is 0 Å². The molecule has 0 saturated heterocycles. The summed E-state index contributed by atoms with van der Waals surface area (Å²) < 4.78 is 0. The molecule has 5 nitrogen and oxygen atoms in total. The summed E-state index contributed by atoms with van der Waals surface area (Å²) in [6.07, 6.45) is 1.03. The summed E-state index contributed by atoms with van der Waals surface area (Å²) >= 11 is 0. The van der Waals surface area contributed by atoms with E-state index in [4.69, 9.17) is 10.2 Å². The summed E-state index contributed by atoms with van der Waals surface area (Å²) in [5.74, 6) is -0.162. The van der Waals surface area contributed by atoms with Crippen LogP contribution in [0, 0.1) is 0 Å². The van der Waals surface area contributed by atoms with Gasteiger partial charge in [0.05, 0.1) is 19.3 Å². The Morgan fingerprint density at radius 3 is 2.85 bits per heavy atom. The summed E-state index contributed by atoms with van der Waals surface area (Å²) in [4.78, 5) is 10.9. The number of hydrogen-bond acceptors (Lipinski definition) is 4. The lowest BCUT2D eigenvalue weighted by atomic mass is 10.3. The molecule has 0 spiro atoms. The topological polar surface area (TPSA) is 81.6 Å². The zero-order valence-corrected chi connectivity index (χ0v) is 7.49. The molecule has 0 rings (SSSR count). The van der Waals surface area contributed by atoms with Gasteiger partial charge in [-0.3, -0.25) is 4.79 Å². The third kappa shape index (κ3) is 7.30. The lowest BCUT2D eigenvalue weighted by molar-refractivity contribution is -0.120. The van der Waals surface area contributed by atoms with Gasteiger partial charge in [-0.1, -0.05) is 6.58 Å². The molecule has 0 saturated carbocycles. The number of rotatable bonds is 7. The number of nitrogens with one attached hydrogen (secondary N) is 2. The summed E-state index contributed by atoms with van der Waals surface area (Å²) in [7, 11) is 0. The Bertz CT molecular complexity index is 161. The van der Waals surface area contributed by atoms with Gasteiger partial charge in [-0.15, -0.1) is 0 Å². The monoisotopic (exact) mass is 188 g/mol. The van der Waals surface area contributed by atoms with E-state index in [1.54, 1.807) is 0 Å². The van der Waals surface area contributed by atoms with Gasteiger partial charge < -0.3 is 20.8 Å². The largest absolute Gasteiger partial charge is 0.394 e. The van der Waals surface area contributed by atoms with Gasteiger partial charge in [0, 0.05) is 6.54 Å². The fourth-order valence-corrected chi connectivity index (χ4v) is 0.697. The molecule has 1 amide bonds. The zero-order chi connectivity index (χ0) is 10.1. The van der Waals surface area contributed by atoms with Gasteiger partial charge in [0.1, 0.15) is 0 Å². The van der Waals surface area contributed by atoms with Crippen molar-refractivity contribution in [3.8, 4) is 0 Å². The van der Waals surface area contributed by atoms with Crippen molar-refractivity contribution in [3.05, 3.63) is 12.8 Å². The Hall–Kier alpha value is -1.07. The van der Waals surface area contributed by atoms with Crippen LogP contribution in [0.5, 0.6) is 0 Å². The van der Waals surface area contributed by atoms with Gasteiger partial charge in [-0.2, -0.15) is 0 Å². The van der Waals surface area contributed by atoms with Gasteiger partial charge in [-0.05, 0) is 12.6 Å². The number of hydrogen-bond donors (Lipinski definition) is 4. The molecule has 0 aliphatic heterocycles. The quantitative estimate of drug-likeness (QED) is 0.395. The number of carbonyl (C=O) groups is 1. The summed E-state index contributed by atoms with van der Waals surface area (Å²) in [5.41, 5.74) is 0. The first-order valence-electron chi connectivity index (χ1n) is 4.10. The Morgan fingerprint density at radius 2 is 2.31 bits per heavy atom. The molecule has 13 heavy (non-hydrogen) atoms. The smallest absolute Gasteiger partial charge is 0.239 e. The van der Waals surface area contributed by atoms with Gasteiger partial charge in [0.25, 0.3) is 0 Å². The van der Waals surface area contributed by atoms with E-state index in [1.165, 1.54) is 6.20 Å². The van der Waals surface area contributed by atoms with E-state index in [1.807, 2.05) is 0 Å². The molecule has 0 aliphatic rings. The molecule has 0 aromatic carbocycles. The Labute approximate surface area is 77.5 Å². The molecule has 0 aromatic heterocycles. The summed E-state index contributed by atoms with van der Waals surface area (Å²) in [5, 5.41) is 22.6. The number of aliphatic hydroxyl groups excluding tert-OH is 2. The average molecular weight is 188 g/mol. The summed E-state index contributed by atoms with van der Waals surface area (Å²) in [6.45, 7) is 3.65. The molecular formula is C8H16N2O3. The van der Waals surface area contributed by atoms with E-state index in [9.17, 15) is 4.79 Å². The van der Waals surface area contributed by atoms with Crippen LogP contribution in [0.15, 0.2) is 12.8 Å².